The number of nitrogens with zero attached hydrogens (tertiary/aromatic N) is 1. The molecule has 1 N–H and O–H groups in total. The second kappa shape index (κ2) is 8.15. The number of benzene rings is 2. The van der Waals surface area contributed by atoms with Crippen LogP contribution in [0.15, 0.2) is 59.2 Å². The molecule has 0 aromatic heterocycles. The van der Waals surface area contributed by atoms with E-state index in [-0.39, 0.29) is 5.91 Å². The topological polar surface area (TPSA) is 50.7 Å². The molecule has 2 rings (SSSR count). The van der Waals surface area contributed by atoms with E-state index in [9.17, 15) is 4.79 Å². The maximum atomic E-state index is 12.1. The van der Waals surface area contributed by atoms with Crippen LogP contribution in [0.2, 0.25) is 5.02 Å². The van der Waals surface area contributed by atoms with Gasteiger partial charge in [-0.3, -0.25) is 4.79 Å². The largest absolute Gasteiger partial charge is 0.496 e. The Labute approximate surface area is 140 Å². The van der Waals surface area contributed by atoms with E-state index in [1.54, 1.807) is 18.3 Å². The van der Waals surface area contributed by atoms with Gasteiger partial charge in [-0.25, -0.2) is 5.43 Å². The molecule has 2 aromatic carbocycles. The molecule has 0 unspecified atom stereocenters. The van der Waals surface area contributed by atoms with Crippen LogP contribution in [0.5, 0.6) is 5.75 Å². The maximum absolute atomic E-state index is 12.1. The summed E-state index contributed by atoms with van der Waals surface area (Å²) in [4.78, 5) is 12.1. The molecule has 23 heavy (non-hydrogen) atoms. The van der Waals surface area contributed by atoms with Gasteiger partial charge in [0.25, 0.3) is 5.91 Å². The monoisotopic (exact) mass is 328 g/mol. The molecule has 0 saturated carbocycles. The standard InChI is InChI=1S/C18H17ClN2O2/c1-13(10-14-6-4-3-5-7-14)12-20-21-18(22)16-11-15(19)8-9-17(16)23-2/h3-12H,1-2H3,(H,21,22). The van der Waals surface area contributed by atoms with Crippen molar-refractivity contribution in [2.24, 2.45) is 5.10 Å². The predicted octanol–water partition coefficient (Wildman–Crippen LogP) is 4.17. The third kappa shape index (κ3) is 4.97. The third-order valence-electron chi connectivity index (χ3n) is 3.03. The van der Waals surface area contributed by atoms with Gasteiger partial charge in [-0.2, -0.15) is 5.10 Å². The SMILES string of the molecule is COc1ccc(Cl)cc1C(=O)NN=CC(C)=Cc1ccccc1. The number of hydrogen-bond acceptors (Lipinski definition) is 3. The molecule has 118 valence electrons. The highest BCUT2D eigenvalue weighted by Gasteiger charge is 2.11. The molecule has 0 spiro atoms. The Hall–Kier alpha value is -2.59. The highest BCUT2D eigenvalue weighted by molar-refractivity contribution is 6.31. The zero-order chi connectivity index (χ0) is 16.7. The molecule has 0 aliphatic heterocycles. The number of amides is 1. The number of ether oxygens (including phenoxy) is 1. The molecule has 0 radical (unpaired) electrons. The minimum absolute atomic E-state index is 0.335. The van der Waals surface area contributed by atoms with Gasteiger partial charge in [0.15, 0.2) is 0 Å². The highest BCUT2D eigenvalue weighted by Crippen LogP contribution is 2.22. The van der Waals surface area contributed by atoms with Gasteiger partial charge < -0.3 is 4.74 Å². The van der Waals surface area contributed by atoms with Gasteiger partial charge in [0.05, 0.1) is 18.9 Å². The molecule has 0 fully saturated rings. The van der Waals surface area contributed by atoms with E-state index in [1.807, 2.05) is 43.3 Å². The molecule has 0 aliphatic carbocycles. The summed E-state index contributed by atoms with van der Waals surface area (Å²) in [6.45, 7) is 1.91. The van der Waals surface area contributed by atoms with Crippen LogP contribution in [-0.2, 0) is 0 Å². The first-order valence-electron chi connectivity index (χ1n) is 7.00. The average molecular weight is 329 g/mol. The molecular weight excluding hydrogens is 312 g/mol. The van der Waals surface area contributed by atoms with Crippen molar-refractivity contribution in [2.45, 2.75) is 6.92 Å². The van der Waals surface area contributed by atoms with Crippen LogP contribution < -0.4 is 10.2 Å². The van der Waals surface area contributed by atoms with E-state index in [4.69, 9.17) is 16.3 Å². The van der Waals surface area contributed by atoms with Gasteiger partial charge in [0, 0.05) is 5.02 Å². The zero-order valence-corrected chi connectivity index (χ0v) is 13.7. The van der Waals surface area contributed by atoms with Crippen molar-refractivity contribution >= 4 is 29.8 Å². The normalized spacial score (nSPS) is 11.5. The van der Waals surface area contributed by atoms with E-state index in [1.165, 1.54) is 13.2 Å². The van der Waals surface area contributed by atoms with Crippen LogP contribution in [0.25, 0.3) is 6.08 Å². The number of methoxy groups -OCH3 is 1. The van der Waals surface area contributed by atoms with Gasteiger partial charge in [0.1, 0.15) is 5.75 Å². The molecule has 5 heteroatoms. The van der Waals surface area contributed by atoms with E-state index in [0.29, 0.717) is 16.3 Å². The number of rotatable bonds is 5. The summed E-state index contributed by atoms with van der Waals surface area (Å²) < 4.78 is 5.15. The van der Waals surface area contributed by atoms with Crippen molar-refractivity contribution in [3.05, 3.63) is 70.3 Å². The van der Waals surface area contributed by atoms with Crippen molar-refractivity contribution in [3.8, 4) is 5.75 Å². The van der Waals surface area contributed by atoms with Crippen LogP contribution in [0.4, 0.5) is 0 Å². The Balaban J connectivity index is 2.04. The minimum atomic E-state index is -0.381. The first-order chi connectivity index (χ1) is 11.1. The number of nitrogens with one attached hydrogen (secondary N) is 1. The third-order valence-corrected chi connectivity index (χ3v) is 3.27. The summed E-state index contributed by atoms with van der Waals surface area (Å²) in [5.41, 5.74) is 4.78. The van der Waals surface area contributed by atoms with Crippen LogP contribution in [-0.4, -0.2) is 19.2 Å². The fourth-order valence-electron chi connectivity index (χ4n) is 1.96. The smallest absolute Gasteiger partial charge is 0.275 e. The summed E-state index contributed by atoms with van der Waals surface area (Å²) in [5.74, 6) is 0.0618. The van der Waals surface area contributed by atoms with Crippen molar-refractivity contribution in [2.75, 3.05) is 7.11 Å². The number of allylic oxidation sites excluding steroid dienone is 1. The summed E-state index contributed by atoms with van der Waals surface area (Å²) in [6, 6.07) is 14.7. The fourth-order valence-corrected chi connectivity index (χ4v) is 2.13. The van der Waals surface area contributed by atoms with Crippen LogP contribution in [0.1, 0.15) is 22.8 Å². The predicted molar refractivity (Wildman–Crippen MR) is 94.1 cm³/mol. The lowest BCUT2D eigenvalue weighted by atomic mass is 10.1. The second-order valence-corrected chi connectivity index (χ2v) is 5.28. The molecule has 4 nitrogen and oxygen atoms in total. The summed E-state index contributed by atoms with van der Waals surface area (Å²) in [7, 11) is 1.50. The minimum Gasteiger partial charge on any atom is -0.496 e. The Morgan fingerprint density at radius 3 is 2.65 bits per heavy atom. The summed E-state index contributed by atoms with van der Waals surface area (Å²) in [6.07, 6.45) is 3.55. The Kier molecular flexibility index (Phi) is 5.94. The number of hydrazone groups is 1. The van der Waals surface area contributed by atoms with E-state index < -0.39 is 0 Å². The fraction of sp³-hybridized carbons (Fsp3) is 0.111. The first-order valence-corrected chi connectivity index (χ1v) is 7.38. The number of carbonyl (C=O) groups is 1. The molecule has 0 saturated heterocycles. The molecular formula is C18H17ClN2O2. The van der Waals surface area contributed by atoms with Gasteiger partial charge in [-0.05, 0) is 36.3 Å². The van der Waals surface area contributed by atoms with E-state index >= 15 is 0 Å². The Morgan fingerprint density at radius 2 is 1.96 bits per heavy atom. The molecule has 0 atom stereocenters. The maximum Gasteiger partial charge on any atom is 0.275 e. The molecule has 0 aliphatic rings. The van der Waals surface area contributed by atoms with Crippen molar-refractivity contribution < 1.29 is 9.53 Å². The van der Waals surface area contributed by atoms with Gasteiger partial charge in [0.2, 0.25) is 0 Å². The molecule has 1 amide bonds. The quantitative estimate of drug-likeness (QED) is 0.661. The van der Waals surface area contributed by atoms with Crippen molar-refractivity contribution in [1.82, 2.24) is 5.43 Å². The molecule has 0 heterocycles. The summed E-state index contributed by atoms with van der Waals surface area (Å²) >= 11 is 5.91. The number of carbonyl (C=O) groups excluding carboxylic acids is 1. The lowest BCUT2D eigenvalue weighted by Gasteiger charge is -2.07. The van der Waals surface area contributed by atoms with Crippen LogP contribution in [0.3, 0.4) is 0 Å². The zero-order valence-electron chi connectivity index (χ0n) is 12.9. The lowest BCUT2D eigenvalue weighted by Crippen LogP contribution is -2.18. The average Bonchev–Trinajstić information content (AvgIpc) is 2.55. The lowest BCUT2D eigenvalue weighted by molar-refractivity contribution is 0.0952. The summed E-state index contributed by atoms with van der Waals surface area (Å²) in [5, 5.41) is 4.42. The van der Waals surface area contributed by atoms with E-state index in [2.05, 4.69) is 10.5 Å². The van der Waals surface area contributed by atoms with Gasteiger partial charge in [-0.1, -0.05) is 48.0 Å². The number of halogens is 1. The van der Waals surface area contributed by atoms with Crippen molar-refractivity contribution in [3.63, 3.8) is 0 Å². The second-order valence-electron chi connectivity index (χ2n) is 4.84. The molecule has 2 aromatic rings. The van der Waals surface area contributed by atoms with Crippen molar-refractivity contribution in [1.29, 1.82) is 0 Å². The van der Waals surface area contributed by atoms with Gasteiger partial charge >= 0.3 is 0 Å². The molecule has 0 bridgehead atoms. The first kappa shape index (κ1) is 16.8. The van der Waals surface area contributed by atoms with Crippen LogP contribution >= 0.6 is 11.6 Å². The number of hydrogen-bond donors (Lipinski definition) is 1. The highest BCUT2D eigenvalue weighted by atomic mass is 35.5. The Bertz CT molecular complexity index is 740. The Morgan fingerprint density at radius 1 is 1.22 bits per heavy atom. The van der Waals surface area contributed by atoms with Crippen LogP contribution in [0, 0.1) is 0 Å². The van der Waals surface area contributed by atoms with Gasteiger partial charge in [-0.15, -0.1) is 0 Å². The van der Waals surface area contributed by atoms with E-state index in [0.717, 1.165) is 11.1 Å².